The number of furan rings is 1. The molecule has 4 heterocycles. The van der Waals surface area contributed by atoms with E-state index in [0.29, 0.717) is 5.56 Å². The molecule has 11 aromatic rings. The number of fused-ring (bicyclic) bond motifs is 4. The molecule has 5 nitrogen and oxygen atoms in total. The van der Waals surface area contributed by atoms with Gasteiger partial charge in [0.25, 0.3) is 0 Å². The Hall–Kier alpha value is -7.02. The Labute approximate surface area is 437 Å². The van der Waals surface area contributed by atoms with E-state index in [1.165, 1.54) is 44.6 Å². The van der Waals surface area contributed by atoms with Crippen molar-refractivity contribution >= 4 is 46.4 Å². The van der Waals surface area contributed by atoms with Gasteiger partial charge in [-0.05, 0) is 104 Å². The summed E-state index contributed by atoms with van der Waals surface area (Å²) < 4.78 is 31.1. The molecule has 355 valence electrons. The fourth-order valence-electron chi connectivity index (χ4n) is 9.21. The zero-order valence-electron chi connectivity index (χ0n) is 44.4. The summed E-state index contributed by atoms with van der Waals surface area (Å²) in [5, 5.41) is 3.41. The second-order valence-corrected chi connectivity index (χ2v) is 24.9. The van der Waals surface area contributed by atoms with Gasteiger partial charge in [-0.15, -0.1) is 53.6 Å². The normalized spacial score (nSPS) is 12.4. The summed E-state index contributed by atoms with van der Waals surface area (Å²) in [7, 11) is -1.34. The molecular formula is C64H58IrN4OSi-2. The van der Waals surface area contributed by atoms with E-state index in [1.807, 2.05) is 30.6 Å². The van der Waals surface area contributed by atoms with E-state index in [-0.39, 0.29) is 31.9 Å². The summed E-state index contributed by atoms with van der Waals surface area (Å²) in [5.74, 6) is 1.26. The monoisotopic (exact) mass is 1120 g/mol. The Morgan fingerprint density at radius 3 is 1.83 bits per heavy atom. The summed E-state index contributed by atoms with van der Waals surface area (Å²) in [6.07, 6.45) is 3.86. The molecule has 0 unspecified atom stereocenters. The van der Waals surface area contributed by atoms with Gasteiger partial charge in [-0.1, -0.05) is 174 Å². The number of hydrogen-bond donors (Lipinski definition) is 0. The predicted molar refractivity (Wildman–Crippen MR) is 296 cm³/mol. The maximum atomic E-state index is 7.35. The number of aromatic nitrogens is 4. The average Bonchev–Trinajstić information content (AvgIpc) is 3.97. The van der Waals surface area contributed by atoms with Crippen LogP contribution in [-0.2, 0) is 20.1 Å². The van der Waals surface area contributed by atoms with Crippen LogP contribution in [0.15, 0.2) is 181 Å². The van der Waals surface area contributed by atoms with E-state index in [4.69, 9.17) is 18.5 Å². The van der Waals surface area contributed by atoms with Crippen LogP contribution < -0.4 is 5.19 Å². The van der Waals surface area contributed by atoms with E-state index in [2.05, 4.69) is 203 Å². The number of rotatable bonds is 9. The Kier molecular flexibility index (Phi) is 12.9. The van der Waals surface area contributed by atoms with E-state index in [0.717, 1.165) is 78.1 Å². The largest absolute Gasteiger partial charge is 0.501 e. The van der Waals surface area contributed by atoms with Crippen molar-refractivity contribution in [1.29, 1.82) is 0 Å². The number of aryl methyl sites for hydroxylation is 2. The third kappa shape index (κ3) is 10.0. The van der Waals surface area contributed by atoms with Gasteiger partial charge < -0.3 is 14.0 Å². The van der Waals surface area contributed by atoms with Crippen LogP contribution in [0.25, 0.3) is 94.8 Å². The maximum absolute atomic E-state index is 7.35. The molecule has 0 amide bonds. The molecule has 0 atom stereocenters. The fraction of sp³-hybridized carbons (Fsp3) is 0.172. The third-order valence-corrected chi connectivity index (χ3v) is 15.1. The van der Waals surface area contributed by atoms with Crippen LogP contribution >= 0.6 is 0 Å². The van der Waals surface area contributed by atoms with E-state index in [9.17, 15) is 0 Å². The molecule has 0 saturated heterocycles. The number of imidazole rings is 1. The van der Waals surface area contributed by atoms with Crippen LogP contribution in [0.3, 0.4) is 0 Å². The van der Waals surface area contributed by atoms with E-state index < -0.39 is 14.9 Å². The van der Waals surface area contributed by atoms with Crippen molar-refractivity contribution in [3.63, 3.8) is 0 Å². The standard InChI is InChI=1S/C49H40N3O.C15H18NSi.Ir/c1-30(2)42-26-38(34-15-10-7-11-16-34)27-43(31(3)4)46(42)52-48(51-44-25-32(5)29-50-49(44)52)41-18-12-17-40-39-24-23-37(28-45(39)53-47(40)41)36-21-19-35(20-22-36)33-13-8-6-9-14-33;1-12-5-7-13(8-6-12)15-10-9-14(11-16-15)17(2,3)4;/h6-17,19-31H,1-5H3;5-7,9-11H,1-4H3;/q2*-1;/i;1D3;. The first-order valence-corrected chi connectivity index (χ1v) is 27.6. The third-order valence-electron chi connectivity index (χ3n) is 13.1. The molecule has 0 bridgehead atoms. The van der Waals surface area contributed by atoms with Crippen LogP contribution in [0.1, 0.15) is 65.9 Å². The van der Waals surface area contributed by atoms with Crippen LogP contribution in [0.5, 0.6) is 0 Å². The molecule has 7 aromatic carbocycles. The molecule has 4 aromatic heterocycles. The van der Waals surface area contributed by atoms with Gasteiger partial charge in [0.05, 0.1) is 25.0 Å². The van der Waals surface area contributed by atoms with Crippen molar-refractivity contribution in [3.05, 3.63) is 211 Å². The Balaban J connectivity index is 0.000000270. The number of nitrogens with zero attached hydrogens (tertiary/aromatic N) is 4. The van der Waals surface area contributed by atoms with Crippen molar-refractivity contribution in [2.75, 3.05) is 0 Å². The number of pyridine rings is 2. The fourth-order valence-corrected chi connectivity index (χ4v) is 10.2. The molecule has 7 heteroatoms. The molecule has 0 aliphatic heterocycles. The molecule has 0 N–H and O–H groups in total. The zero-order valence-corrected chi connectivity index (χ0v) is 44.8. The number of hydrogen-bond acceptors (Lipinski definition) is 4. The smallest absolute Gasteiger partial charge is 0.155 e. The second-order valence-electron chi connectivity index (χ2n) is 19.8. The van der Waals surface area contributed by atoms with Gasteiger partial charge in [0, 0.05) is 47.7 Å². The molecule has 11 rings (SSSR count). The molecule has 0 aliphatic rings. The van der Waals surface area contributed by atoms with Gasteiger partial charge >= 0.3 is 0 Å². The van der Waals surface area contributed by atoms with Gasteiger partial charge in [-0.2, -0.15) is 0 Å². The topological polar surface area (TPSA) is 56.7 Å². The predicted octanol–water partition coefficient (Wildman–Crippen LogP) is 16.7. The average molecular weight is 1120 g/mol. The second kappa shape index (κ2) is 20.4. The minimum Gasteiger partial charge on any atom is -0.501 e. The SMILES string of the molecule is Cc1cnc2c(c1)nc(-c1[c-]ccc3c1oc1cc(-c4ccc(-c5ccccc5)cc4)ccc13)n2-c1c(C(C)C)cc(-c2ccccc2)cc1C(C)C.[2H]C([2H])([2H])c1c[c-]c(-c2ccc([Si](C)(C)C)cn2)cc1.[Ir]. The number of benzene rings is 7. The van der Waals surface area contributed by atoms with Crippen LogP contribution in [0.2, 0.25) is 19.6 Å². The first-order chi connectivity index (χ1) is 35.0. The Morgan fingerprint density at radius 1 is 0.606 bits per heavy atom. The first kappa shape index (κ1) is 45.1. The van der Waals surface area contributed by atoms with Gasteiger partial charge in [0.2, 0.25) is 0 Å². The zero-order chi connectivity index (χ0) is 51.2. The van der Waals surface area contributed by atoms with Crippen LogP contribution in [0, 0.1) is 25.9 Å². The summed E-state index contributed by atoms with van der Waals surface area (Å²) >= 11 is 0. The quantitative estimate of drug-likeness (QED) is 0.107. The molecule has 0 spiro atoms. The minimum absolute atomic E-state index is 0. The molecule has 1 radical (unpaired) electrons. The van der Waals surface area contributed by atoms with Crippen molar-refractivity contribution < 1.29 is 28.6 Å². The summed E-state index contributed by atoms with van der Waals surface area (Å²) in [5.41, 5.74) is 17.8. The van der Waals surface area contributed by atoms with Crippen molar-refractivity contribution in [2.24, 2.45) is 0 Å². The van der Waals surface area contributed by atoms with E-state index in [1.54, 1.807) is 12.1 Å². The van der Waals surface area contributed by atoms with Gasteiger partial charge in [-0.25, -0.2) is 4.98 Å². The van der Waals surface area contributed by atoms with Crippen molar-refractivity contribution in [1.82, 2.24) is 19.5 Å². The minimum atomic E-state index is -2.08. The van der Waals surface area contributed by atoms with Crippen molar-refractivity contribution in [2.45, 2.75) is 72.9 Å². The summed E-state index contributed by atoms with van der Waals surface area (Å²) in [4.78, 5) is 14.8. The molecule has 0 fully saturated rings. The molecule has 0 aliphatic carbocycles. The summed E-state index contributed by atoms with van der Waals surface area (Å²) in [6, 6.07) is 62.9. The van der Waals surface area contributed by atoms with Gasteiger partial charge in [0.1, 0.15) is 5.58 Å². The maximum Gasteiger partial charge on any atom is 0.155 e. The van der Waals surface area contributed by atoms with Gasteiger partial charge in [-0.3, -0.25) is 4.98 Å². The van der Waals surface area contributed by atoms with Crippen LogP contribution in [0.4, 0.5) is 0 Å². The molecule has 0 saturated carbocycles. The Bertz CT molecular complexity index is 3660. The van der Waals surface area contributed by atoms with Gasteiger partial charge in [0.15, 0.2) is 5.65 Å². The molecule has 71 heavy (non-hydrogen) atoms. The van der Waals surface area contributed by atoms with Crippen molar-refractivity contribution in [3.8, 4) is 61.7 Å². The molecular weight excluding hydrogens is 1060 g/mol. The summed E-state index contributed by atoms with van der Waals surface area (Å²) in [6.45, 7) is 15.9. The Morgan fingerprint density at radius 2 is 1.24 bits per heavy atom. The van der Waals surface area contributed by atoms with E-state index >= 15 is 0 Å². The van der Waals surface area contributed by atoms with Crippen LogP contribution in [-0.4, -0.2) is 27.6 Å². The first-order valence-electron chi connectivity index (χ1n) is 25.6.